The Bertz CT molecular complexity index is 1780. The van der Waals surface area contributed by atoms with Gasteiger partial charge in [0, 0.05) is 38.0 Å². The Morgan fingerprint density at radius 1 is 1.10 bits per heavy atom. The topological polar surface area (TPSA) is 124 Å². The molecule has 1 saturated heterocycles. The largest absolute Gasteiger partial charge is 0.453 e. The van der Waals surface area contributed by atoms with E-state index in [0.717, 1.165) is 24.1 Å². The van der Waals surface area contributed by atoms with Gasteiger partial charge >= 0.3 is 0 Å². The van der Waals surface area contributed by atoms with Crippen molar-refractivity contribution in [3.8, 4) is 17.2 Å². The molecule has 0 amide bonds. The normalized spacial score (nSPS) is 14.8. The Labute approximate surface area is 231 Å². The Morgan fingerprint density at radius 3 is 2.73 bits per heavy atom. The average molecular weight is 559 g/mol. The van der Waals surface area contributed by atoms with Crippen LogP contribution in [0.4, 0.5) is 14.6 Å². The van der Waals surface area contributed by atoms with Gasteiger partial charge in [0.05, 0.1) is 17.4 Å². The zero-order valence-electron chi connectivity index (χ0n) is 21.6. The van der Waals surface area contributed by atoms with E-state index in [4.69, 9.17) is 9.47 Å². The molecule has 0 bridgehead atoms. The first-order valence-electron chi connectivity index (χ1n) is 13.0. The van der Waals surface area contributed by atoms with Crippen molar-refractivity contribution in [1.29, 1.82) is 0 Å². The van der Waals surface area contributed by atoms with Crippen LogP contribution in [-0.2, 0) is 11.2 Å². The highest BCUT2D eigenvalue weighted by Crippen LogP contribution is 2.34. The molecule has 10 nitrogen and oxygen atoms in total. The second-order valence-electron chi connectivity index (χ2n) is 9.53. The van der Waals surface area contributed by atoms with Gasteiger partial charge in [0.1, 0.15) is 17.0 Å². The molecular formula is C29H24F2N6O4. The minimum absolute atomic E-state index is 0.0532. The zero-order valence-corrected chi connectivity index (χ0v) is 21.6. The molecule has 1 aliphatic rings. The van der Waals surface area contributed by atoms with E-state index in [1.54, 1.807) is 12.1 Å². The van der Waals surface area contributed by atoms with Crippen LogP contribution in [0.1, 0.15) is 28.8 Å². The maximum absolute atomic E-state index is 15.2. The molecule has 2 N–H and O–H groups in total. The molecule has 0 aliphatic carbocycles. The van der Waals surface area contributed by atoms with Crippen LogP contribution in [0.5, 0.6) is 11.5 Å². The molecule has 41 heavy (non-hydrogen) atoms. The zero-order chi connectivity index (χ0) is 28.3. The quantitative estimate of drug-likeness (QED) is 0.252. The Hall–Kier alpha value is -4.97. The van der Waals surface area contributed by atoms with Crippen molar-refractivity contribution in [2.75, 3.05) is 18.5 Å². The predicted molar refractivity (Wildman–Crippen MR) is 146 cm³/mol. The summed E-state index contributed by atoms with van der Waals surface area (Å²) in [5, 5.41) is 14.9. The number of pyridine rings is 1. The third-order valence-corrected chi connectivity index (χ3v) is 6.74. The summed E-state index contributed by atoms with van der Waals surface area (Å²) in [4.78, 5) is 30.2. The first-order chi connectivity index (χ1) is 20.0. The number of nitrogens with one attached hydrogen (secondary N) is 2. The van der Waals surface area contributed by atoms with E-state index in [1.807, 2.05) is 0 Å². The van der Waals surface area contributed by atoms with E-state index in [-0.39, 0.29) is 23.8 Å². The molecule has 12 heteroatoms. The van der Waals surface area contributed by atoms with Crippen LogP contribution in [0.3, 0.4) is 0 Å². The van der Waals surface area contributed by atoms with Gasteiger partial charge in [0.2, 0.25) is 0 Å². The average Bonchev–Trinajstić information content (AvgIpc) is 3.64. The summed E-state index contributed by atoms with van der Waals surface area (Å²) in [6, 6.07) is 12.2. The number of carbonyl (C=O) groups excluding carboxylic acids is 1. The molecule has 1 unspecified atom stereocenters. The number of aromatic nitrogens is 5. The van der Waals surface area contributed by atoms with Crippen LogP contribution in [0.2, 0.25) is 0 Å². The summed E-state index contributed by atoms with van der Waals surface area (Å²) < 4.78 is 41.0. The van der Waals surface area contributed by atoms with Gasteiger partial charge in [-0.1, -0.05) is 6.07 Å². The lowest BCUT2D eigenvalue weighted by Gasteiger charge is -2.12. The van der Waals surface area contributed by atoms with E-state index in [1.165, 1.54) is 54.9 Å². The standard InChI is InChI=1S/C29H24F2N6O4/c30-18-4-6-19(7-5-18)37-29(39)21(9-12-34-37)23(38)15-17-3-8-24(22(31)14-17)41-25-10-11-32-27-26(25)28(36-35-27)33-16-20-2-1-13-40-20/h3-12,14,20H,1-2,13,15-16H2,(H2,32,33,35,36). The lowest BCUT2D eigenvalue weighted by Crippen LogP contribution is -2.27. The van der Waals surface area contributed by atoms with Crippen molar-refractivity contribution in [1.82, 2.24) is 25.0 Å². The smallest absolute Gasteiger partial charge is 0.282 e. The molecule has 5 aromatic rings. The number of Topliss-reactive ketones (excluding diaryl/α,β-unsaturated/α-hetero) is 1. The van der Waals surface area contributed by atoms with Gasteiger partial charge in [-0.25, -0.2) is 13.8 Å². The first kappa shape index (κ1) is 26.3. The van der Waals surface area contributed by atoms with E-state index < -0.39 is 23.0 Å². The molecule has 2 aromatic carbocycles. The van der Waals surface area contributed by atoms with Crippen molar-refractivity contribution < 1.29 is 23.0 Å². The third kappa shape index (κ3) is 5.54. The lowest BCUT2D eigenvalue weighted by molar-refractivity contribution is 0.0990. The highest BCUT2D eigenvalue weighted by Gasteiger charge is 2.20. The number of ether oxygens (including phenoxy) is 2. The molecule has 1 atom stereocenters. The molecule has 0 spiro atoms. The molecule has 208 valence electrons. The second-order valence-corrected chi connectivity index (χ2v) is 9.53. The van der Waals surface area contributed by atoms with Crippen molar-refractivity contribution in [3.63, 3.8) is 0 Å². The van der Waals surface area contributed by atoms with Gasteiger partial charge in [-0.05, 0) is 60.9 Å². The molecule has 1 fully saturated rings. The first-order valence-corrected chi connectivity index (χ1v) is 13.0. The van der Waals surface area contributed by atoms with Crippen LogP contribution < -0.4 is 15.6 Å². The SMILES string of the molecule is O=C(Cc1ccc(Oc2ccnc3[nH]nc(NCC4CCCO4)c23)c(F)c1)c1ccnn(-c2ccc(F)cc2)c1=O. The molecule has 3 aromatic heterocycles. The van der Waals surface area contributed by atoms with Gasteiger partial charge in [-0.15, -0.1) is 0 Å². The van der Waals surface area contributed by atoms with Gasteiger partial charge in [-0.2, -0.15) is 14.9 Å². The Morgan fingerprint density at radius 2 is 1.95 bits per heavy atom. The van der Waals surface area contributed by atoms with Gasteiger partial charge < -0.3 is 14.8 Å². The molecule has 1 aliphatic heterocycles. The maximum Gasteiger partial charge on any atom is 0.282 e. The van der Waals surface area contributed by atoms with Gasteiger partial charge in [0.25, 0.3) is 5.56 Å². The van der Waals surface area contributed by atoms with E-state index in [0.29, 0.717) is 40.4 Å². The highest BCUT2D eigenvalue weighted by atomic mass is 19.1. The maximum atomic E-state index is 15.2. The molecule has 4 heterocycles. The van der Waals surface area contributed by atoms with Crippen LogP contribution in [0, 0.1) is 11.6 Å². The molecule has 6 rings (SSSR count). The number of hydrogen-bond donors (Lipinski definition) is 2. The number of carbonyl (C=O) groups is 1. The molecule has 0 radical (unpaired) electrons. The lowest BCUT2D eigenvalue weighted by atomic mass is 10.0. The number of H-pyrrole nitrogens is 1. The summed E-state index contributed by atoms with van der Waals surface area (Å²) in [7, 11) is 0. The fraction of sp³-hybridized carbons (Fsp3) is 0.207. The minimum Gasteiger partial charge on any atom is -0.453 e. The van der Waals surface area contributed by atoms with Crippen LogP contribution in [0.15, 0.2) is 71.8 Å². The number of fused-ring (bicyclic) bond motifs is 1. The number of hydrogen-bond acceptors (Lipinski definition) is 8. The number of rotatable bonds is 9. The molecule has 0 saturated carbocycles. The summed E-state index contributed by atoms with van der Waals surface area (Å²) in [5.41, 5.74) is 0.365. The van der Waals surface area contributed by atoms with Crippen molar-refractivity contribution in [3.05, 3.63) is 100 Å². The van der Waals surface area contributed by atoms with E-state index in [2.05, 4.69) is 25.6 Å². The summed E-state index contributed by atoms with van der Waals surface area (Å²) in [6.07, 6.45) is 4.68. The summed E-state index contributed by atoms with van der Waals surface area (Å²) in [6.45, 7) is 1.30. The number of anilines is 1. The number of halogens is 2. The highest BCUT2D eigenvalue weighted by molar-refractivity contribution is 5.97. The van der Waals surface area contributed by atoms with E-state index >= 15 is 4.39 Å². The Kier molecular flexibility index (Phi) is 7.21. The fourth-order valence-electron chi connectivity index (χ4n) is 4.68. The number of aromatic amines is 1. The third-order valence-electron chi connectivity index (χ3n) is 6.74. The minimum atomic E-state index is -0.684. The van der Waals surface area contributed by atoms with Crippen molar-refractivity contribution in [2.24, 2.45) is 0 Å². The summed E-state index contributed by atoms with van der Waals surface area (Å²) in [5.74, 6) is -0.853. The number of nitrogens with zero attached hydrogens (tertiary/aromatic N) is 4. The number of ketones is 1. The molecular weight excluding hydrogens is 534 g/mol. The Balaban J connectivity index is 1.19. The summed E-state index contributed by atoms with van der Waals surface area (Å²) >= 11 is 0. The van der Waals surface area contributed by atoms with Crippen molar-refractivity contribution >= 4 is 22.6 Å². The van der Waals surface area contributed by atoms with Crippen molar-refractivity contribution in [2.45, 2.75) is 25.4 Å². The van der Waals surface area contributed by atoms with Crippen LogP contribution in [-0.4, -0.2) is 50.0 Å². The van der Waals surface area contributed by atoms with E-state index in [9.17, 15) is 14.0 Å². The second kappa shape index (κ2) is 11.3. The number of benzene rings is 2. The predicted octanol–water partition coefficient (Wildman–Crippen LogP) is 4.59. The van der Waals surface area contributed by atoms with Crippen LogP contribution in [0.25, 0.3) is 16.7 Å². The fourth-order valence-corrected chi connectivity index (χ4v) is 4.68. The monoisotopic (exact) mass is 558 g/mol. The van der Waals surface area contributed by atoms with Gasteiger partial charge in [-0.3, -0.25) is 14.7 Å². The van der Waals surface area contributed by atoms with Crippen LogP contribution >= 0.6 is 0 Å². The van der Waals surface area contributed by atoms with Gasteiger partial charge in [0.15, 0.2) is 28.8 Å².